The quantitative estimate of drug-likeness (QED) is 0.713. The third kappa shape index (κ3) is 5.78. The highest BCUT2D eigenvalue weighted by atomic mass is 35.5. The van der Waals surface area contributed by atoms with Crippen molar-refractivity contribution in [2.45, 2.75) is 13.0 Å². The molecule has 2 aromatic carbocycles. The van der Waals surface area contributed by atoms with E-state index in [9.17, 15) is 14.0 Å². The number of nitrogens with zero attached hydrogens (tertiary/aromatic N) is 2. The standard InChI is InChI=1S/C22H26ClFN4O2/c1-15-3-6-17(23)13-19(15)26-22(30)21(29)25-14-20(16-4-7-18(24)8-5-16)28-11-9-27(2)10-12-28/h3-8,13,20H,9-12,14H2,1-2H3,(H,25,29)(H,26,30)/t20-/m1/s1. The molecule has 1 fully saturated rings. The van der Waals surface area contributed by atoms with E-state index < -0.39 is 11.8 Å². The number of carbonyl (C=O) groups is 2. The van der Waals surface area contributed by atoms with E-state index in [1.807, 2.05) is 6.92 Å². The first kappa shape index (κ1) is 22.2. The van der Waals surface area contributed by atoms with E-state index in [-0.39, 0.29) is 18.4 Å². The third-order valence-electron chi connectivity index (χ3n) is 5.34. The fourth-order valence-electron chi connectivity index (χ4n) is 3.45. The van der Waals surface area contributed by atoms with Crippen LogP contribution in [0, 0.1) is 12.7 Å². The number of hydrogen-bond donors (Lipinski definition) is 2. The zero-order valence-electron chi connectivity index (χ0n) is 17.1. The number of piperazine rings is 1. The Morgan fingerprint density at radius 3 is 2.40 bits per heavy atom. The number of carbonyl (C=O) groups excluding carboxylic acids is 2. The van der Waals surface area contributed by atoms with Crippen molar-refractivity contribution < 1.29 is 14.0 Å². The van der Waals surface area contributed by atoms with E-state index in [0.717, 1.165) is 37.3 Å². The molecule has 0 radical (unpaired) electrons. The molecule has 1 saturated heterocycles. The van der Waals surface area contributed by atoms with Crippen LogP contribution < -0.4 is 10.6 Å². The van der Waals surface area contributed by atoms with Crippen LogP contribution in [0.3, 0.4) is 0 Å². The van der Waals surface area contributed by atoms with Gasteiger partial charge in [0.25, 0.3) is 0 Å². The second kappa shape index (κ2) is 10.0. The molecular formula is C22H26ClFN4O2. The van der Waals surface area contributed by atoms with Crippen molar-refractivity contribution in [2.75, 3.05) is 45.1 Å². The summed E-state index contributed by atoms with van der Waals surface area (Å²) in [5, 5.41) is 5.80. The Morgan fingerprint density at radius 1 is 1.07 bits per heavy atom. The number of aryl methyl sites for hydroxylation is 1. The zero-order chi connectivity index (χ0) is 21.7. The number of amides is 2. The Morgan fingerprint density at radius 2 is 1.73 bits per heavy atom. The lowest BCUT2D eigenvalue weighted by atomic mass is 10.0. The summed E-state index contributed by atoms with van der Waals surface area (Å²) in [6.07, 6.45) is 0. The van der Waals surface area contributed by atoms with Gasteiger partial charge in [0, 0.05) is 43.4 Å². The van der Waals surface area contributed by atoms with E-state index in [0.29, 0.717) is 10.7 Å². The number of hydrogen-bond acceptors (Lipinski definition) is 4. The van der Waals surface area contributed by atoms with Gasteiger partial charge in [-0.25, -0.2) is 4.39 Å². The number of nitrogens with one attached hydrogen (secondary N) is 2. The van der Waals surface area contributed by atoms with E-state index in [4.69, 9.17) is 11.6 Å². The molecular weight excluding hydrogens is 407 g/mol. The van der Waals surface area contributed by atoms with Crippen molar-refractivity contribution >= 4 is 29.1 Å². The van der Waals surface area contributed by atoms with Gasteiger partial charge in [-0.2, -0.15) is 0 Å². The molecule has 0 saturated carbocycles. The van der Waals surface area contributed by atoms with Gasteiger partial charge in [-0.05, 0) is 49.4 Å². The normalized spacial score (nSPS) is 16.1. The van der Waals surface area contributed by atoms with Crippen LogP contribution in [0.4, 0.5) is 10.1 Å². The second-order valence-electron chi connectivity index (χ2n) is 7.53. The summed E-state index contributed by atoms with van der Waals surface area (Å²) in [7, 11) is 2.06. The Hall–Kier alpha value is -2.48. The van der Waals surface area contributed by atoms with Crippen LogP contribution in [0.15, 0.2) is 42.5 Å². The zero-order valence-corrected chi connectivity index (χ0v) is 17.9. The van der Waals surface area contributed by atoms with E-state index >= 15 is 0 Å². The lowest BCUT2D eigenvalue weighted by Crippen LogP contribution is -2.49. The Bertz CT molecular complexity index is 899. The maximum atomic E-state index is 13.4. The summed E-state index contributed by atoms with van der Waals surface area (Å²) in [4.78, 5) is 29.3. The fraction of sp³-hybridized carbons (Fsp3) is 0.364. The Kier molecular flexibility index (Phi) is 7.42. The van der Waals surface area contributed by atoms with Crippen molar-refractivity contribution in [3.63, 3.8) is 0 Å². The molecule has 0 aliphatic carbocycles. The summed E-state index contributed by atoms with van der Waals surface area (Å²) in [5.41, 5.74) is 2.20. The largest absolute Gasteiger partial charge is 0.346 e. The summed E-state index contributed by atoms with van der Waals surface area (Å²) < 4.78 is 13.4. The minimum Gasteiger partial charge on any atom is -0.346 e. The van der Waals surface area contributed by atoms with Crippen molar-refractivity contribution in [1.29, 1.82) is 0 Å². The predicted molar refractivity (Wildman–Crippen MR) is 116 cm³/mol. The number of benzene rings is 2. The summed E-state index contributed by atoms with van der Waals surface area (Å²) in [5.74, 6) is -1.79. The molecule has 6 nitrogen and oxygen atoms in total. The van der Waals surface area contributed by atoms with Gasteiger partial charge in [0.05, 0.1) is 6.04 Å². The van der Waals surface area contributed by atoms with E-state index in [1.165, 1.54) is 12.1 Å². The van der Waals surface area contributed by atoms with Crippen LogP contribution in [0.1, 0.15) is 17.2 Å². The van der Waals surface area contributed by atoms with Crippen LogP contribution in [0.25, 0.3) is 0 Å². The van der Waals surface area contributed by atoms with Crippen LogP contribution in [-0.4, -0.2) is 61.4 Å². The lowest BCUT2D eigenvalue weighted by Gasteiger charge is -2.38. The molecule has 0 bridgehead atoms. The molecule has 2 amide bonds. The molecule has 8 heteroatoms. The van der Waals surface area contributed by atoms with Crippen LogP contribution in [-0.2, 0) is 9.59 Å². The van der Waals surface area contributed by atoms with Crippen LogP contribution in [0.2, 0.25) is 5.02 Å². The number of anilines is 1. The molecule has 1 atom stereocenters. The highest BCUT2D eigenvalue weighted by molar-refractivity contribution is 6.40. The SMILES string of the molecule is Cc1ccc(Cl)cc1NC(=O)C(=O)NC[C@H](c1ccc(F)cc1)N1CCN(C)CC1. The van der Waals surface area contributed by atoms with Crippen LogP contribution in [0.5, 0.6) is 0 Å². The van der Waals surface area contributed by atoms with Crippen LogP contribution >= 0.6 is 11.6 Å². The maximum absolute atomic E-state index is 13.4. The molecule has 2 N–H and O–H groups in total. The van der Waals surface area contributed by atoms with Gasteiger partial charge in [-0.15, -0.1) is 0 Å². The second-order valence-corrected chi connectivity index (χ2v) is 7.97. The minimum atomic E-state index is -0.753. The number of likely N-dealkylation sites (N-methyl/N-ethyl adjacent to an activating group) is 1. The van der Waals surface area contributed by atoms with Gasteiger partial charge in [-0.3, -0.25) is 14.5 Å². The molecule has 160 valence electrons. The maximum Gasteiger partial charge on any atom is 0.313 e. The van der Waals surface area contributed by atoms with Gasteiger partial charge in [0.15, 0.2) is 0 Å². The van der Waals surface area contributed by atoms with Gasteiger partial charge in [0.1, 0.15) is 5.82 Å². The number of halogens is 2. The van der Waals surface area contributed by atoms with Gasteiger partial charge < -0.3 is 15.5 Å². The third-order valence-corrected chi connectivity index (χ3v) is 5.58. The molecule has 0 spiro atoms. The first-order valence-electron chi connectivity index (χ1n) is 9.87. The lowest BCUT2D eigenvalue weighted by molar-refractivity contribution is -0.136. The predicted octanol–water partition coefficient (Wildman–Crippen LogP) is 2.83. The average molecular weight is 433 g/mol. The summed E-state index contributed by atoms with van der Waals surface area (Å²) in [6, 6.07) is 11.2. The van der Waals surface area contributed by atoms with Gasteiger partial charge >= 0.3 is 11.8 Å². The molecule has 1 aliphatic rings. The first-order chi connectivity index (χ1) is 14.3. The first-order valence-corrected chi connectivity index (χ1v) is 10.2. The van der Waals surface area contributed by atoms with Gasteiger partial charge in [0.2, 0.25) is 0 Å². The highest BCUT2D eigenvalue weighted by Gasteiger charge is 2.25. The molecule has 0 unspecified atom stereocenters. The monoisotopic (exact) mass is 432 g/mol. The smallest absolute Gasteiger partial charge is 0.313 e. The molecule has 0 aromatic heterocycles. The molecule has 2 aromatic rings. The van der Waals surface area contributed by atoms with Crippen molar-refractivity contribution in [1.82, 2.24) is 15.1 Å². The Labute approximate surface area is 181 Å². The fourth-order valence-corrected chi connectivity index (χ4v) is 3.63. The molecule has 1 heterocycles. The number of rotatable bonds is 5. The summed E-state index contributed by atoms with van der Waals surface area (Å²) in [6.45, 7) is 5.52. The topological polar surface area (TPSA) is 64.7 Å². The van der Waals surface area contributed by atoms with Crippen molar-refractivity contribution in [3.8, 4) is 0 Å². The minimum absolute atomic E-state index is 0.149. The highest BCUT2D eigenvalue weighted by Crippen LogP contribution is 2.22. The average Bonchev–Trinajstić information content (AvgIpc) is 2.73. The van der Waals surface area contributed by atoms with Crippen molar-refractivity contribution in [3.05, 3.63) is 64.4 Å². The summed E-state index contributed by atoms with van der Waals surface area (Å²) >= 11 is 5.97. The van der Waals surface area contributed by atoms with E-state index in [2.05, 4.69) is 27.5 Å². The van der Waals surface area contributed by atoms with E-state index in [1.54, 1.807) is 30.3 Å². The Balaban J connectivity index is 1.66. The molecule has 1 aliphatic heterocycles. The molecule has 3 rings (SSSR count). The molecule has 30 heavy (non-hydrogen) atoms. The van der Waals surface area contributed by atoms with Crippen molar-refractivity contribution in [2.24, 2.45) is 0 Å². The van der Waals surface area contributed by atoms with Gasteiger partial charge in [-0.1, -0.05) is 29.8 Å².